The van der Waals surface area contributed by atoms with Crippen LogP contribution in [0.3, 0.4) is 0 Å². The monoisotopic (exact) mass is 313 g/mol. The first-order valence-electron chi connectivity index (χ1n) is 7.55. The third kappa shape index (κ3) is 3.81. The Morgan fingerprint density at radius 2 is 2.00 bits per heavy atom. The van der Waals surface area contributed by atoms with Crippen LogP contribution in [0, 0.1) is 0 Å². The lowest BCUT2D eigenvalue weighted by atomic mass is 10.1. The van der Waals surface area contributed by atoms with E-state index in [2.05, 4.69) is 5.32 Å². The van der Waals surface area contributed by atoms with Gasteiger partial charge in [0, 0.05) is 17.7 Å². The molecular formula is C18H19NO4. The maximum atomic E-state index is 12.4. The first-order chi connectivity index (χ1) is 11.3. The van der Waals surface area contributed by atoms with Crippen molar-refractivity contribution in [2.75, 3.05) is 25.6 Å². The average molecular weight is 313 g/mol. The molecule has 5 heteroatoms. The Morgan fingerprint density at radius 3 is 2.70 bits per heavy atom. The largest absolute Gasteiger partial charge is 0.493 e. The highest BCUT2D eigenvalue weighted by Gasteiger charge is 2.20. The summed E-state index contributed by atoms with van der Waals surface area (Å²) in [6.45, 7) is 1.25. The third-order valence-corrected chi connectivity index (χ3v) is 3.64. The summed E-state index contributed by atoms with van der Waals surface area (Å²) in [5.74, 6) is 0.975. The molecular weight excluding hydrogens is 294 g/mol. The molecule has 1 aliphatic rings. The molecule has 1 N–H and O–H groups in total. The molecule has 0 saturated carbocycles. The molecule has 3 rings (SSSR count). The van der Waals surface area contributed by atoms with Gasteiger partial charge in [0.25, 0.3) is 5.91 Å². The summed E-state index contributed by atoms with van der Waals surface area (Å²) in [6, 6.07) is 14.5. The Labute approximate surface area is 135 Å². The van der Waals surface area contributed by atoms with E-state index in [1.54, 1.807) is 25.3 Å². The van der Waals surface area contributed by atoms with E-state index in [-0.39, 0.29) is 12.0 Å². The average Bonchev–Trinajstić information content (AvgIpc) is 3.09. The van der Waals surface area contributed by atoms with Gasteiger partial charge in [-0.15, -0.1) is 0 Å². The van der Waals surface area contributed by atoms with Gasteiger partial charge in [0.2, 0.25) is 0 Å². The fourth-order valence-corrected chi connectivity index (χ4v) is 2.42. The van der Waals surface area contributed by atoms with Gasteiger partial charge in [-0.25, -0.2) is 0 Å². The van der Waals surface area contributed by atoms with Crippen molar-refractivity contribution in [1.29, 1.82) is 0 Å². The van der Waals surface area contributed by atoms with Crippen LogP contribution in [0.15, 0.2) is 48.5 Å². The lowest BCUT2D eigenvalue weighted by molar-refractivity contribution is 0.102. The summed E-state index contributed by atoms with van der Waals surface area (Å²) in [5.41, 5.74) is 1.27. The van der Waals surface area contributed by atoms with Crippen LogP contribution in [0.4, 0.5) is 5.69 Å². The number of hydrogen-bond acceptors (Lipinski definition) is 4. The van der Waals surface area contributed by atoms with E-state index in [0.29, 0.717) is 30.3 Å². The zero-order valence-electron chi connectivity index (χ0n) is 13.0. The van der Waals surface area contributed by atoms with Gasteiger partial charge in [-0.2, -0.15) is 0 Å². The Bertz CT molecular complexity index is 666. The van der Waals surface area contributed by atoms with Gasteiger partial charge in [-0.3, -0.25) is 4.79 Å². The fraction of sp³-hybridized carbons (Fsp3) is 0.278. The minimum atomic E-state index is -0.189. The summed E-state index contributed by atoms with van der Waals surface area (Å²) in [5, 5.41) is 2.86. The summed E-state index contributed by atoms with van der Waals surface area (Å²) < 4.78 is 16.5. The van der Waals surface area contributed by atoms with Crippen molar-refractivity contribution in [3.05, 3.63) is 54.1 Å². The van der Waals surface area contributed by atoms with E-state index in [1.165, 1.54) is 0 Å². The molecule has 1 unspecified atom stereocenters. The zero-order valence-corrected chi connectivity index (χ0v) is 13.0. The number of anilines is 1. The second-order valence-corrected chi connectivity index (χ2v) is 5.29. The number of benzene rings is 2. The smallest absolute Gasteiger partial charge is 0.255 e. The molecule has 0 aromatic heterocycles. The molecule has 1 atom stereocenters. The van der Waals surface area contributed by atoms with E-state index < -0.39 is 0 Å². The number of nitrogens with one attached hydrogen (secondary N) is 1. The lowest BCUT2D eigenvalue weighted by Crippen LogP contribution is -2.17. The first kappa shape index (κ1) is 15.4. The molecule has 2 aromatic rings. The second kappa shape index (κ2) is 7.15. The van der Waals surface area contributed by atoms with Gasteiger partial charge < -0.3 is 19.5 Å². The molecule has 1 fully saturated rings. The number of rotatable bonds is 5. The van der Waals surface area contributed by atoms with E-state index in [1.807, 2.05) is 30.3 Å². The van der Waals surface area contributed by atoms with Crippen molar-refractivity contribution in [3.8, 4) is 11.5 Å². The van der Waals surface area contributed by atoms with Crippen molar-refractivity contribution in [3.63, 3.8) is 0 Å². The minimum absolute atomic E-state index is 0.00339. The van der Waals surface area contributed by atoms with Crippen molar-refractivity contribution in [2.24, 2.45) is 0 Å². The maximum absolute atomic E-state index is 12.4. The molecule has 1 heterocycles. The van der Waals surface area contributed by atoms with Gasteiger partial charge in [0.1, 0.15) is 6.10 Å². The Balaban J connectivity index is 1.77. The Hall–Kier alpha value is -2.53. The normalized spacial score (nSPS) is 16.8. The van der Waals surface area contributed by atoms with Crippen LogP contribution in [0.25, 0.3) is 0 Å². The van der Waals surface area contributed by atoms with Crippen LogP contribution >= 0.6 is 0 Å². The number of para-hydroxylation sites is 1. The number of hydrogen-bond donors (Lipinski definition) is 1. The SMILES string of the molecule is COc1ccc(C(=O)Nc2ccccc2)cc1OC1CCOC1. The second-order valence-electron chi connectivity index (χ2n) is 5.29. The van der Waals surface area contributed by atoms with E-state index >= 15 is 0 Å². The highest BCUT2D eigenvalue weighted by atomic mass is 16.6. The molecule has 5 nitrogen and oxygen atoms in total. The molecule has 0 spiro atoms. The Morgan fingerprint density at radius 1 is 1.17 bits per heavy atom. The van der Waals surface area contributed by atoms with Crippen molar-refractivity contribution < 1.29 is 19.0 Å². The summed E-state index contributed by atoms with van der Waals surface area (Å²) in [6.07, 6.45) is 0.834. The molecule has 1 amide bonds. The first-order valence-corrected chi connectivity index (χ1v) is 7.55. The van der Waals surface area contributed by atoms with E-state index in [0.717, 1.165) is 12.1 Å². The number of methoxy groups -OCH3 is 1. The summed E-state index contributed by atoms with van der Waals surface area (Å²) >= 11 is 0. The van der Waals surface area contributed by atoms with Crippen molar-refractivity contribution in [2.45, 2.75) is 12.5 Å². The minimum Gasteiger partial charge on any atom is -0.493 e. The standard InChI is InChI=1S/C18H19NO4/c1-21-16-8-7-13(11-17(16)23-15-9-10-22-12-15)18(20)19-14-5-3-2-4-6-14/h2-8,11,15H,9-10,12H2,1H3,(H,19,20). The van der Waals surface area contributed by atoms with Gasteiger partial charge >= 0.3 is 0 Å². The van der Waals surface area contributed by atoms with Crippen LogP contribution in [-0.4, -0.2) is 32.3 Å². The molecule has 23 heavy (non-hydrogen) atoms. The highest BCUT2D eigenvalue weighted by Crippen LogP contribution is 2.30. The molecule has 0 radical (unpaired) electrons. The topological polar surface area (TPSA) is 56.8 Å². The van der Waals surface area contributed by atoms with Crippen LogP contribution in [-0.2, 0) is 4.74 Å². The van der Waals surface area contributed by atoms with Gasteiger partial charge in [0.05, 0.1) is 20.3 Å². The predicted molar refractivity (Wildman–Crippen MR) is 87.2 cm³/mol. The molecule has 120 valence electrons. The van der Waals surface area contributed by atoms with Gasteiger partial charge in [-0.1, -0.05) is 18.2 Å². The maximum Gasteiger partial charge on any atom is 0.255 e. The van der Waals surface area contributed by atoms with E-state index in [4.69, 9.17) is 14.2 Å². The van der Waals surface area contributed by atoms with Crippen LogP contribution < -0.4 is 14.8 Å². The number of carbonyl (C=O) groups excluding carboxylic acids is 1. The highest BCUT2D eigenvalue weighted by molar-refractivity contribution is 6.04. The molecule has 2 aromatic carbocycles. The van der Waals surface area contributed by atoms with Crippen LogP contribution in [0.5, 0.6) is 11.5 Å². The molecule has 0 aliphatic carbocycles. The summed E-state index contributed by atoms with van der Waals surface area (Å²) in [4.78, 5) is 12.4. The third-order valence-electron chi connectivity index (χ3n) is 3.64. The number of ether oxygens (including phenoxy) is 3. The quantitative estimate of drug-likeness (QED) is 0.921. The van der Waals surface area contributed by atoms with Crippen molar-refractivity contribution in [1.82, 2.24) is 0 Å². The van der Waals surface area contributed by atoms with Crippen LogP contribution in [0.1, 0.15) is 16.8 Å². The number of amides is 1. The lowest BCUT2D eigenvalue weighted by Gasteiger charge is -2.16. The fourth-order valence-electron chi connectivity index (χ4n) is 2.42. The van der Waals surface area contributed by atoms with Gasteiger partial charge in [-0.05, 0) is 30.3 Å². The zero-order chi connectivity index (χ0) is 16.1. The van der Waals surface area contributed by atoms with Crippen molar-refractivity contribution >= 4 is 11.6 Å². The number of carbonyl (C=O) groups is 1. The van der Waals surface area contributed by atoms with Gasteiger partial charge in [0.15, 0.2) is 11.5 Å². The summed E-state index contributed by atoms with van der Waals surface area (Å²) in [7, 11) is 1.58. The predicted octanol–water partition coefficient (Wildman–Crippen LogP) is 3.12. The molecule has 0 bridgehead atoms. The Kier molecular flexibility index (Phi) is 4.78. The van der Waals surface area contributed by atoms with Crippen LogP contribution in [0.2, 0.25) is 0 Å². The molecule has 1 saturated heterocycles. The van der Waals surface area contributed by atoms with E-state index in [9.17, 15) is 4.79 Å². The molecule has 1 aliphatic heterocycles.